The third-order valence-electron chi connectivity index (χ3n) is 1.33. The van der Waals surface area contributed by atoms with Crippen molar-refractivity contribution in [3.8, 4) is 0 Å². The minimum absolute atomic E-state index is 0.0761. The molecule has 60 valence electrons. The Hall–Kier alpha value is -0.440. The van der Waals surface area contributed by atoms with Gasteiger partial charge in [-0.25, -0.2) is 8.78 Å². The molecule has 0 nitrogen and oxygen atoms in total. The normalized spacial score (nSPS) is 13.0. The van der Waals surface area contributed by atoms with Gasteiger partial charge in [-0.1, -0.05) is 34.1 Å². The van der Waals surface area contributed by atoms with Gasteiger partial charge in [-0.3, -0.25) is 0 Å². The van der Waals surface area contributed by atoms with Gasteiger partial charge >= 0.3 is 0 Å². The molecule has 0 spiro atoms. The van der Waals surface area contributed by atoms with Crippen molar-refractivity contribution < 1.29 is 8.78 Å². The van der Waals surface area contributed by atoms with Crippen LogP contribution in [0, 0.1) is 5.82 Å². The largest absolute Gasteiger partial charge is 0.235 e. The van der Waals surface area contributed by atoms with Crippen LogP contribution in [-0.4, -0.2) is 5.08 Å². The average molecular weight is 221 g/mol. The van der Waals surface area contributed by atoms with E-state index in [-0.39, 0.29) is 12.2 Å². The lowest BCUT2D eigenvalue weighted by molar-refractivity contribution is 0.452. The number of halogens is 3. The summed E-state index contributed by atoms with van der Waals surface area (Å²) in [4.78, 5) is 0. The summed E-state index contributed by atoms with van der Waals surface area (Å²) in [5, 5.41) is -1.17. The lowest BCUT2D eigenvalue weighted by atomic mass is 10.1. The third-order valence-corrected chi connectivity index (χ3v) is 1.66. The molecule has 0 heterocycles. The molecule has 0 saturated heterocycles. The van der Waals surface area contributed by atoms with Crippen molar-refractivity contribution >= 4 is 15.9 Å². The summed E-state index contributed by atoms with van der Waals surface area (Å²) in [7, 11) is 0. The van der Waals surface area contributed by atoms with Crippen molar-refractivity contribution in [1.29, 1.82) is 0 Å². The van der Waals surface area contributed by atoms with Crippen LogP contribution < -0.4 is 0 Å². The molecule has 0 N–H and O–H groups in total. The van der Waals surface area contributed by atoms with E-state index in [4.69, 9.17) is 0 Å². The summed E-state index contributed by atoms with van der Waals surface area (Å²) in [6.07, 6.45) is 0.0761. The van der Waals surface area contributed by atoms with Crippen molar-refractivity contribution in [2.75, 3.05) is 0 Å². The third kappa shape index (κ3) is 2.58. The minimum atomic E-state index is -1.17. The number of hydrogen-bond donors (Lipinski definition) is 0. The zero-order chi connectivity index (χ0) is 8.27. The Morgan fingerprint density at radius 3 is 2.55 bits per heavy atom. The van der Waals surface area contributed by atoms with E-state index in [1.165, 1.54) is 6.07 Å². The molecule has 0 aliphatic carbocycles. The highest BCUT2D eigenvalue weighted by molar-refractivity contribution is 9.09. The molecule has 1 rings (SSSR count). The van der Waals surface area contributed by atoms with Crippen LogP contribution in [0.4, 0.5) is 8.78 Å². The molecular formula is C8H7BrF2. The van der Waals surface area contributed by atoms with E-state index < -0.39 is 5.08 Å². The molecule has 0 aromatic heterocycles. The van der Waals surface area contributed by atoms with Gasteiger partial charge in [0.1, 0.15) is 5.82 Å². The highest BCUT2D eigenvalue weighted by Gasteiger charge is 2.05. The molecule has 0 bridgehead atoms. The van der Waals surface area contributed by atoms with Crippen LogP contribution in [0.25, 0.3) is 0 Å². The van der Waals surface area contributed by atoms with E-state index in [9.17, 15) is 8.78 Å². The summed E-state index contributed by atoms with van der Waals surface area (Å²) in [6.45, 7) is 0. The van der Waals surface area contributed by atoms with Gasteiger partial charge in [-0.2, -0.15) is 0 Å². The van der Waals surface area contributed by atoms with E-state index >= 15 is 0 Å². The summed E-state index contributed by atoms with van der Waals surface area (Å²) >= 11 is 2.71. The Kier molecular flexibility index (Phi) is 3.00. The van der Waals surface area contributed by atoms with E-state index in [0.717, 1.165) is 0 Å². The molecule has 1 aromatic carbocycles. The summed E-state index contributed by atoms with van der Waals surface area (Å²) < 4.78 is 25.1. The second kappa shape index (κ2) is 3.81. The maximum absolute atomic E-state index is 12.8. The van der Waals surface area contributed by atoms with Crippen LogP contribution >= 0.6 is 15.9 Å². The van der Waals surface area contributed by atoms with Crippen LogP contribution in [-0.2, 0) is 6.42 Å². The first-order valence-electron chi connectivity index (χ1n) is 3.21. The first kappa shape index (κ1) is 8.65. The standard InChI is InChI=1S/C8H7BrF2/c9-8(11)5-6-3-1-2-4-7(6)10/h1-4,8H,5H2. The lowest BCUT2D eigenvalue weighted by Crippen LogP contribution is -1.97. The fraction of sp³-hybridized carbons (Fsp3) is 0.250. The van der Waals surface area contributed by atoms with Crippen LogP contribution in [0.2, 0.25) is 0 Å². The number of benzene rings is 1. The van der Waals surface area contributed by atoms with Gasteiger partial charge in [0.2, 0.25) is 0 Å². The smallest absolute Gasteiger partial charge is 0.159 e. The molecule has 0 fully saturated rings. The van der Waals surface area contributed by atoms with E-state index in [2.05, 4.69) is 15.9 Å². The van der Waals surface area contributed by atoms with Gasteiger partial charge in [0.15, 0.2) is 5.08 Å². The first-order chi connectivity index (χ1) is 5.20. The maximum Gasteiger partial charge on any atom is 0.159 e. The highest BCUT2D eigenvalue weighted by Crippen LogP contribution is 2.13. The molecule has 1 unspecified atom stereocenters. The predicted molar refractivity (Wildman–Crippen MR) is 43.9 cm³/mol. The molecule has 0 aliphatic heterocycles. The molecule has 0 radical (unpaired) electrons. The van der Waals surface area contributed by atoms with Gasteiger partial charge in [0, 0.05) is 6.42 Å². The summed E-state index contributed by atoms with van der Waals surface area (Å²) in [5.74, 6) is -0.352. The minimum Gasteiger partial charge on any atom is -0.235 e. The quantitative estimate of drug-likeness (QED) is 0.673. The van der Waals surface area contributed by atoms with Crippen LogP contribution in [0.3, 0.4) is 0 Å². The van der Waals surface area contributed by atoms with Crippen LogP contribution in [0.5, 0.6) is 0 Å². The van der Waals surface area contributed by atoms with Gasteiger partial charge in [0.25, 0.3) is 0 Å². The monoisotopic (exact) mass is 220 g/mol. The number of hydrogen-bond acceptors (Lipinski definition) is 0. The zero-order valence-electron chi connectivity index (χ0n) is 5.73. The van der Waals surface area contributed by atoms with Crippen molar-refractivity contribution in [2.45, 2.75) is 11.5 Å². The van der Waals surface area contributed by atoms with Crippen molar-refractivity contribution in [1.82, 2.24) is 0 Å². The lowest BCUT2D eigenvalue weighted by Gasteiger charge is -2.01. The van der Waals surface area contributed by atoms with Crippen LogP contribution in [0.15, 0.2) is 24.3 Å². The molecule has 0 aliphatic rings. The van der Waals surface area contributed by atoms with Gasteiger partial charge < -0.3 is 0 Å². The number of alkyl halides is 2. The summed E-state index contributed by atoms with van der Waals surface area (Å²) in [6, 6.07) is 6.17. The fourth-order valence-corrected chi connectivity index (χ4v) is 1.18. The van der Waals surface area contributed by atoms with Crippen molar-refractivity contribution in [2.24, 2.45) is 0 Å². The topological polar surface area (TPSA) is 0 Å². The van der Waals surface area contributed by atoms with E-state index in [1.54, 1.807) is 18.2 Å². The molecule has 1 atom stereocenters. The molecule has 3 heteroatoms. The number of rotatable bonds is 2. The van der Waals surface area contributed by atoms with E-state index in [0.29, 0.717) is 5.56 Å². The van der Waals surface area contributed by atoms with E-state index in [1.807, 2.05) is 0 Å². The molecule has 11 heavy (non-hydrogen) atoms. The SMILES string of the molecule is Fc1ccccc1CC(F)Br. The van der Waals surface area contributed by atoms with Gasteiger partial charge in [-0.15, -0.1) is 0 Å². The second-order valence-corrected chi connectivity index (χ2v) is 3.18. The highest BCUT2D eigenvalue weighted by atomic mass is 79.9. The Bertz CT molecular complexity index is 235. The van der Waals surface area contributed by atoms with Crippen molar-refractivity contribution in [3.05, 3.63) is 35.6 Å². The van der Waals surface area contributed by atoms with Crippen LogP contribution in [0.1, 0.15) is 5.56 Å². The van der Waals surface area contributed by atoms with Gasteiger partial charge in [-0.05, 0) is 11.6 Å². The summed E-state index contributed by atoms with van der Waals surface area (Å²) in [5.41, 5.74) is 0.400. The maximum atomic E-state index is 12.8. The average Bonchev–Trinajstić information content (AvgIpc) is 1.93. The Labute approximate surface area is 72.4 Å². The van der Waals surface area contributed by atoms with Gasteiger partial charge in [0.05, 0.1) is 0 Å². The first-order valence-corrected chi connectivity index (χ1v) is 4.13. The molecular weight excluding hydrogens is 214 g/mol. The Balaban J connectivity index is 2.78. The Morgan fingerprint density at radius 2 is 2.00 bits per heavy atom. The predicted octanol–water partition coefficient (Wildman–Crippen LogP) is 3.06. The van der Waals surface area contributed by atoms with Crippen molar-refractivity contribution in [3.63, 3.8) is 0 Å². The zero-order valence-corrected chi connectivity index (χ0v) is 7.31. The molecule has 1 aromatic rings. The fourth-order valence-electron chi connectivity index (χ4n) is 0.830. The second-order valence-electron chi connectivity index (χ2n) is 2.19. The molecule has 0 saturated carbocycles. The molecule has 0 amide bonds. The Morgan fingerprint density at radius 1 is 1.36 bits per heavy atom.